The van der Waals surface area contributed by atoms with Crippen LogP contribution in [0.15, 0.2) is 0 Å². The molecule has 1 aliphatic heterocycles. The fourth-order valence-electron chi connectivity index (χ4n) is 5.43. The van der Waals surface area contributed by atoms with E-state index in [1.54, 1.807) is 13.8 Å². The van der Waals surface area contributed by atoms with Crippen LogP contribution < -0.4 is 21.3 Å². The number of esters is 1. The Bertz CT molecular complexity index is 1050. The van der Waals surface area contributed by atoms with Crippen LogP contribution in [-0.4, -0.2) is 107 Å². The first-order valence-corrected chi connectivity index (χ1v) is 17.0. The van der Waals surface area contributed by atoms with Gasteiger partial charge in [-0.25, -0.2) is 0 Å². The molecule has 1 fully saturated rings. The Balaban J connectivity index is 3.60. The van der Waals surface area contributed by atoms with Gasteiger partial charge in [-0.1, -0.05) is 73.6 Å². The van der Waals surface area contributed by atoms with Gasteiger partial charge in [-0.05, 0) is 38.0 Å². The van der Waals surface area contributed by atoms with Crippen LogP contribution in [0.4, 0.5) is 0 Å². The summed E-state index contributed by atoms with van der Waals surface area (Å²) in [6.07, 6.45) is 3.53. The molecular formula is C33H59N5O9. The Labute approximate surface area is 279 Å². The third-order valence-electron chi connectivity index (χ3n) is 8.71. The number of carbonyl (C=O) groups excluding carboxylic acids is 6. The second-order valence-corrected chi connectivity index (χ2v) is 13.2. The smallest absolute Gasteiger partial charge is 0.325 e. The molecule has 0 saturated carbocycles. The maximum atomic E-state index is 13.9. The minimum Gasteiger partial charge on any atom is -0.460 e. The minimum absolute atomic E-state index is 0.00563. The molecule has 6 N–H and O–H groups in total. The summed E-state index contributed by atoms with van der Waals surface area (Å²) in [5, 5.41) is 30.1. The normalized spacial score (nSPS) is 27.4. The van der Waals surface area contributed by atoms with E-state index in [1.807, 2.05) is 20.8 Å². The van der Waals surface area contributed by atoms with Crippen molar-refractivity contribution in [2.45, 2.75) is 136 Å². The molecule has 1 aliphatic rings. The average Bonchev–Trinajstić information content (AvgIpc) is 3.03. The highest BCUT2D eigenvalue weighted by atomic mass is 16.5. The molecule has 1 saturated heterocycles. The number of aliphatic hydroxyl groups is 2. The van der Waals surface area contributed by atoms with E-state index in [2.05, 4.69) is 28.2 Å². The monoisotopic (exact) mass is 669 g/mol. The van der Waals surface area contributed by atoms with Crippen LogP contribution in [0.1, 0.15) is 99.8 Å². The molecule has 5 amide bonds. The molecule has 0 aliphatic carbocycles. The topological polar surface area (TPSA) is 203 Å². The molecule has 1 rings (SSSR count). The molecular weight excluding hydrogens is 610 g/mol. The van der Waals surface area contributed by atoms with Gasteiger partial charge < -0.3 is 41.1 Å². The van der Waals surface area contributed by atoms with Crippen molar-refractivity contribution in [2.75, 3.05) is 20.2 Å². The number of aliphatic hydroxyl groups excluding tert-OH is 2. The lowest BCUT2D eigenvalue weighted by molar-refractivity contribution is -0.157. The van der Waals surface area contributed by atoms with Crippen LogP contribution in [0.25, 0.3) is 0 Å². The lowest BCUT2D eigenvalue weighted by Crippen LogP contribution is -2.61. The summed E-state index contributed by atoms with van der Waals surface area (Å²) in [5.41, 5.74) is 0. The van der Waals surface area contributed by atoms with E-state index < -0.39 is 96.9 Å². The van der Waals surface area contributed by atoms with Crippen molar-refractivity contribution in [3.63, 3.8) is 0 Å². The van der Waals surface area contributed by atoms with Gasteiger partial charge in [0.05, 0.1) is 18.6 Å². The van der Waals surface area contributed by atoms with Crippen molar-refractivity contribution in [1.29, 1.82) is 0 Å². The number of nitrogens with one attached hydrogen (secondary N) is 4. The highest BCUT2D eigenvalue weighted by Crippen LogP contribution is 2.22. The van der Waals surface area contributed by atoms with Gasteiger partial charge in [0.2, 0.25) is 29.5 Å². The van der Waals surface area contributed by atoms with E-state index in [1.165, 1.54) is 18.9 Å². The Morgan fingerprint density at radius 3 is 2.02 bits per heavy atom. The maximum Gasteiger partial charge on any atom is 0.325 e. The van der Waals surface area contributed by atoms with Crippen LogP contribution in [-0.2, 0) is 33.5 Å². The first kappa shape index (κ1) is 41.8. The van der Waals surface area contributed by atoms with Crippen LogP contribution >= 0.6 is 0 Å². The quantitative estimate of drug-likeness (QED) is 0.128. The highest BCUT2D eigenvalue weighted by molar-refractivity contribution is 5.96. The second-order valence-electron chi connectivity index (χ2n) is 13.2. The zero-order valence-corrected chi connectivity index (χ0v) is 29.5. The van der Waals surface area contributed by atoms with E-state index >= 15 is 0 Å². The fraction of sp³-hybridized carbons (Fsp3) is 0.818. The molecule has 0 aromatic heterocycles. The Morgan fingerprint density at radius 2 is 1.47 bits per heavy atom. The number of cyclic esters (lactones) is 1. The van der Waals surface area contributed by atoms with Crippen molar-refractivity contribution < 1.29 is 43.7 Å². The number of nitrogens with zero attached hydrogens (tertiary/aromatic N) is 1. The second kappa shape index (κ2) is 20.9. The largest absolute Gasteiger partial charge is 0.460 e. The summed E-state index contributed by atoms with van der Waals surface area (Å²) in [6.45, 7) is 10.9. The van der Waals surface area contributed by atoms with E-state index in [9.17, 15) is 39.0 Å². The molecule has 0 bridgehead atoms. The molecule has 270 valence electrons. The molecule has 1 heterocycles. The van der Waals surface area contributed by atoms with Gasteiger partial charge in [0, 0.05) is 7.05 Å². The third-order valence-corrected chi connectivity index (χ3v) is 8.71. The number of rotatable bonds is 12. The molecule has 0 aromatic carbocycles. The van der Waals surface area contributed by atoms with E-state index in [4.69, 9.17) is 4.74 Å². The number of carbonyl (C=O) groups is 6. The van der Waals surface area contributed by atoms with Gasteiger partial charge in [-0.3, -0.25) is 28.8 Å². The molecule has 47 heavy (non-hydrogen) atoms. The molecule has 0 radical (unpaired) electrons. The van der Waals surface area contributed by atoms with Gasteiger partial charge in [0.1, 0.15) is 36.8 Å². The average molecular weight is 670 g/mol. The number of hydrogen-bond donors (Lipinski definition) is 6. The zero-order valence-electron chi connectivity index (χ0n) is 29.5. The SMILES string of the molecule is CCCCCCCC1OC(=O)CNC(=O)[C@H]([C@H](C)O)NC(=O)[C@H](CO)NC(=O)[C@H]([C@H](C)CC)NC(=O)[C@H](CC(C)C)N(C)C(=O)C1C. The van der Waals surface area contributed by atoms with Crippen molar-refractivity contribution in [2.24, 2.45) is 17.8 Å². The predicted molar refractivity (Wildman–Crippen MR) is 175 cm³/mol. The number of amides is 5. The standard InChI is InChI=1S/C33H59N5O9/c1-9-11-12-13-14-15-25-21(6)33(46)38(8)24(16-19(3)4)30(43)36-27(20(5)10-2)32(45)35-23(18-39)29(42)37-28(22(7)40)31(44)34-17-26(41)47-25/h19-25,27-28,39-40H,9-18H2,1-8H3,(H,34,44)(H,35,45)(H,36,43)(H,37,42)/t20-,21?,22+,23+,24+,25?,27+,28+/m1/s1. The van der Waals surface area contributed by atoms with Crippen molar-refractivity contribution in [3.8, 4) is 0 Å². The van der Waals surface area contributed by atoms with Gasteiger partial charge in [-0.15, -0.1) is 0 Å². The number of likely N-dealkylation sites (N-methyl/N-ethyl adjacent to an activating group) is 1. The highest BCUT2D eigenvalue weighted by Gasteiger charge is 2.38. The molecule has 14 heteroatoms. The van der Waals surface area contributed by atoms with E-state index in [0.29, 0.717) is 19.3 Å². The van der Waals surface area contributed by atoms with Crippen molar-refractivity contribution >= 4 is 35.5 Å². The summed E-state index contributed by atoms with van der Waals surface area (Å²) in [4.78, 5) is 81.5. The van der Waals surface area contributed by atoms with Gasteiger partial charge in [0.15, 0.2) is 0 Å². The van der Waals surface area contributed by atoms with Crippen molar-refractivity contribution in [1.82, 2.24) is 26.2 Å². The van der Waals surface area contributed by atoms with Gasteiger partial charge in [-0.2, -0.15) is 0 Å². The first-order chi connectivity index (χ1) is 22.1. The predicted octanol–water partition coefficient (Wildman–Crippen LogP) is 0.771. The summed E-state index contributed by atoms with van der Waals surface area (Å²) in [7, 11) is 1.51. The van der Waals surface area contributed by atoms with Crippen LogP contribution in [0.5, 0.6) is 0 Å². The maximum absolute atomic E-state index is 13.9. The molecule has 8 atom stereocenters. The van der Waals surface area contributed by atoms with Crippen LogP contribution in [0.2, 0.25) is 0 Å². The Hall–Kier alpha value is -3.26. The van der Waals surface area contributed by atoms with Gasteiger partial charge >= 0.3 is 5.97 Å². The summed E-state index contributed by atoms with van der Waals surface area (Å²) in [6, 6.07) is -5.15. The summed E-state index contributed by atoms with van der Waals surface area (Å²) in [5.74, 6) is -5.65. The lowest BCUT2D eigenvalue weighted by Gasteiger charge is -2.34. The van der Waals surface area contributed by atoms with E-state index in [-0.39, 0.29) is 12.3 Å². The zero-order chi connectivity index (χ0) is 35.8. The van der Waals surface area contributed by atoms with Crippen molar-refractivity contribution in [3.05, 3.63) is 0 Å². The fourth-order valence-corrected chi connectivity index (χ4v) is 5.43. The molecule has 0 spiro atoms. The van der Waals surface area contributed by atoms with Crippen LogP contribution in [0, 0.1) is 17.8 Å². The minimum atomic E-state index is -1.53. The third kappa shape index (κ3) is 13.4. The number of unbranched alkanes of at least 4 members (excludes halogenated alkanes) is 4. The number of ether oxygens (including phenoxy) is 1. The Kier molecular flexibility index (Phi) is 18.5. The molecule has 2 unspecified atom stereocenters. The van der Waals surface area contributed by atoms with Gasteiger partial charge in [0.25, 0.3) is 0 Å². The lowest BCUT2D eigenvalue weighted by atomic mass is 9.94. The molecule has 0 aromatic rings. The first-order valence-electron chi connectivity index (χ1n) is 17.0. The summed E-state index contributed by atoms with van der Waals surface area (Å²) >= 11 is 0. The van der Waals surface area contributed by atoms with Crippen LogP contribution in [0.3, 0.4) is 0 Å². The summed E-state index contributed by atoms with van der Waals surface area (Å²) < 4.78 is 5.73. The number of hydrogen-bond acceptors (Lipinski definition) is 9. The molecule has 14 nitrogen and oxygen atoms in total. The van der Waals surface area contributed by atoms with E-state index in [0.717, 1.165) is 25.7 Å². The Morgan fingerprint density at radius 1 is 0.851 bits per heavy atom.